The standard InChI is InChI=1S/C28H35NO7/c1-15-8-9-18-21-23(19(35-16(2)30)12-27(15,18)3)28(4)20(14-34-5)36-26(33)17(13-29-10-6-7-11-29)22(28)25(32)24(21)31/h13,18-20,32H,1,6-12,14H2,2-5H3/b17-13+/t18-,19+,20+,27+,28-/m0/s1. The first-order chi connectivity index (χ1) is 17.0. The number of esters is 2. The summed E-state index contributed by atoms with van der Waals surface area (Å²) in [5.74, 6) is -2.16. The Morgan fingerprint density at radius 3 is 2.61 bits per heavy atom. The Labute approximate surface area is 211 Å². The molecule has 5 aliphatic rings. The number of aliphatic hydroxyl groups excluding tert-OH is 1. The summed E-state index contributed by atoms with van der Waals surface area (Å²) in [6.07, 6.45) is 4.12. The maximum absolute atomic E-state index is 14.0. The number of fused-ring (bicyclic) bond motifs is 4. The minimum Gasteiger partial charge on any atom is -0.504 e. The first kappa shape index (κ1) is 24.8. The number of hydrogen-bond acceptors (Lipinski definition) is 8. The number of Topliss-reactive ketones (excluding diaryl/α,β-unsaturated/α-hetero) is 1. The lowest BCUT2D eigenvalue weighted by Gasteiger charge is -2.53. The van der Waals surface area contributed by atoms with Crippen molar-refractivity contribution in [2.75, 3.05) is 26.8 Å². The lowest BCUT2D eigenvalue weighted by Crippen LogP contribution is -2.56. The van der Waals surface area contributed by atoms with Gasteiger partial charge in [-0.15, -0.1) is 0 Å². The molecule has 0 amide bonds. The molecule has 3 aliphatic carbocycles. The number of ether oxygens (including phenoxy) is 3. The van der Waals surface area contributed by atoms with Crippen LogP contribution in [-0.2, 0) is 28.6 Å². The highest BCUT2D eigenvalue weighted by Gasteiger charge is 2.63. The third-order valence-electron chi connectivity index (χ3n) is 9.12. The number of rotatable bonds is 4. The maximum atomic E-state index is 14.0. The van der Waals surface area contributed by atoms with E-state index in [0.29, 0.717) is 17.6 Å². The number of hydrogen-bond donors (Lipinski definition) is 1. The van der Waals surface area contributed by atoms with Crippen LogP contribution >= 0.6 is 0 Å². The van der Waals surface area contributed by atoms with Gasteiger partial charge in [-0.3, -0.25) is 9.59 Å². The summed E-state index contributed by atoms with van der Waals surface area (Å²) >= 11 is 0. The van der Waals surface area contributed by atoms with E-state index in [1.54, 1.807) is 6.20 Å². The molecule has 0 bridgehead atoms. The van der Waals surface area contributed by atoms with E-state index in [0.717, 1.165) is 44.3 Å². The number of cyclic esters (lactones) is 1. The van der Waals surface area contributed by atoms with Gasteiger partial charge in [0, 0.05) is 44.5 Å². The highest BCUT2D eigenvalue weighted by Crippen LogP contribution is 2.64. The first-order valence-corrected chi connectivity index (χ1v) is 12.8. The molecule has 0 spiro atoms. The van der Waals surface area contributed by atoms with E-state index in [1.807, 2.05) is 11.8 Å². The highest BCUT2D eigenvalue weighted by molar-refractivity contribution is 6.13. The molecule has 8 nitrogen and oxygen atoms in total. The minimum absolute atomic E-state index is 0.0580. The van der Waals surface area contributed by atoms with Crippen LogP contribution in [0, 0.1) is 16.7 Å². The Kier molecular flexibility index (Phi) is 5.93. The quantitative estimate of drug-likeness (QED) is 0.358. The van der Waals surface area contributed by atoms with Gasteiger partial charge >= 0.3 is 11.9 Å². The summed E-state index contributed by atoms with van der Waals surface area (Å²) in [6.45, 7) is 11.2. The van der Waals surface area contributed by atoms with Crippen LogP contribution in [0.25, 0.3) is 0 Å². The Bertz CT molecular complexity index is 1140. The van der Waals surface area contributed by atoms with Crippen molar-refractivity contribution >= 4 is 17.7 Å². The number of allylic oxidation sites excluding steroid dienone is 2. The molecule has 1 saturated carbocycles. The molecule has 5 rings (SSSR count). The number of ketones is 1. The van der Waals surface area contributed by atoms with Crippen LogP contribution in [0.4, 0.5) is 0 Å². The van der Waals surface area contributed by atoms with Crippen molar-refractivity contribution in [3.05, 3.63) is 46.4 Å². The average molecular weight is 498 g/mol. The normalized spacial score (nSPS) is 37.2. The SMILES string of the molecule is C=C1CC[C@H]2C3=C([C@H](OC(C)=O)C[C@]12C)[C@]1(C)C(=C(O)C3=O)/C(=C\N2CCCC2)C(=O)O[C@@H]1COC. The predicted octanol–water partition coefficient (Wildman–Crippen LogP) is 3.54. The maximum Gasteiger partial charge on any atom is 0.340 e. The van der Waals surface area contributed by atoms with E-state index in [4.69, 9.17) is 14.2 Å². The molecule has 5 atom stereocenters. The van der Waals surface area contributed by atoms with Crippen molar-refractivity contribution in [1.29, 1.82) is 0 Å². The van der Waals surface area contributed by atoms with E-state index >= 15 is 0 Å². The van der Waals surface area contributed by atoms with Crippen LogP contribution in [-0.4, -0.2) is 66.7 Å². The molecule has 2 heterocycles. The van der Waals surface area contributed by atoms with Crippen LogP contribution in [0.15, 0.2) is 46.4 Å². The predicted molar refractivity (Wildman–Crippen MR) is 131 cm³/mol. The number of carbonyl (C=O) groups is 3. The fraction of sp³-hybridized carbons (Fsp3) is 0.607. The molecule has 2 aliphatic heterocycles. The van der Waals surface area contributed by atoms with Crippen LogP contribution < -0.4 is 0 Å². The van der Waals surface area contributed by atoms with Gasteiger partial charge in [0.05, 0.1) is 17.6 Å². The smallest absolute Gasteiger partial charge is 0.340 e. The van der Waals surface area contributed by atoms with Gasteiger partial charge in [0.2, 0.25) is 5.78 Å². The monoisotopic (exact) mass is 497 g/mol. The number of likely N-dealkylation sites (tertiary alicyclic amines) is 1. The molecular weight excluding hydrogens is 462 g/mol. The van der Waals surface area contributed by atoms with Crippen LogP contribution in [0.1, 0.15) is 52.9 Å². The molecule has 0 aromatic rings. The number of methoxy groups -OCH3 is 1. The fourth-order valence-corrected chi connectivity index (χ4v) is 7.26. The summed E-state index contributed by atoms with van der Waals surface area (Å²) < 4.78 is 17.3. The van der Waals surface area contributed by atoms with E-state index in [2.05, 4.69) is 13.5 Å². The molecule has 194 valence electrons. The van der Waals surface area contributed by atoms with Gasteiger partial charge in [-0.25, -0.2) is 4.79 Å². The topological polar surface area (TPSA) is 102 Å². The second-order valence-electron chi connectivity index (χ2n) is 11.1. The number of carbonyl (C=O) groups excluding carboxylic acids is 3. The van der Waals surface area contributed by atoms with E-state index in [1.165, 1.54) is 14.0 Å². The lowest BCUT2D eigenvalue weighted by molar-refractivity contribution is -0.160. The molecule has 1 N–H and O–H groups in total. The Balaban J connectivity index is 1.77. The average Bonchev–Trinajstić information content (AvgIpc) is 3.42. The minimum atomic E-state index is -1.12. The van der Waals surface area contributed by atoms with Gasteiger partial charge in [0.25, 0.3) is 0 Å². The molecule has 0 unspecified atom stereocenters. The number of aliphatic hydroxyl groups is 1. The first-order valence-electron chi connectivity index (χ1n) is 12.8. The van der Waals surface area contributed by atoms with Gasteiger partial charge in [-0.05, 0) is 55.9 Å². The third-order valence-corrected chi connectivity index (χ3v) is 9.12. The van der Waals surface area contributed by atoms with E-state index < -0.39 is 46.5 Å². The summed E-state index contributed by atoms with van der Waals surface area (Å²) in [6, 6.07) is 0. The molecule has 2 saturated heterocycles. The lowest BCUT2D eigenvalue weighted by atomic mass is 9.53. The van der Waals surface area contributed by atoms with Crippen molar-refractivity contribution in [3.63, 3.8) is 0 Å². The Morgan fingerprint density at radius 1 is 1.28 bits per heavy atom. The van der Waals surface area contributed by atoms with Gasteiger partial charge in [0.1, 0.15) is 12.2 Å². The molecule has 3 fully saturated rings. The van der Waals surface area contributed by atoms with Crippen molar-refractivity contribution in [2.24, 2.45) is 16.7 Å². The van der Waals surface area contributed by atoms with Gasteiger partial charge in [-0.1, -0.05) is 19.1 Å². The molecule has 0 aromatic carbocycles. The molecule has 36 heavy (non-hydrogen) atoms. The van der Waals surface area contributed by atoms with Gasteiger partial charge in [-0.2, -0.15) is 0 Å². The molecule has 0 radical (unpaired) electrons. The summed E-state index contributed by atoms with van der Waals surface area (Å²) in [5, 5.41) is 11.5. The molecular formula is C28H35NO7. The summed E-state index contributed by atoms with van der Waals surface area (Å²) in [4.78, 5) is 41.5. The van der Waals surface area contributed by atoms with Crippen molar-refractivity contribution in [3.8, 4) is 0 Å². The van der Waals surface area contributed by atoms with E-state index in [9.17, 15) is 19.5 Å². The van der Waals surface area contributed by atoms with Crippen molar-refractivity contribution < 1.29 is 33.7 Å². The second-order valence-corrected chi connectivity index (χ2v) is 11.1. The number of nitrogens with zero attached hydrogens (tertiary/aromatic N) is 1. The summed E-state index contributed by atoms with van der Waals surface area (Å²) in [5.41, 5.74) is 0.963. The zero-order valence-corrected chi connectivity index (χ0v) is 21.5. The highest BCUT2D eigenvalue weighted by atomic mass is 16.6. The van der Waals surface area contributed by atoms with Crippen LogP contribution in [0.3, 0.4) is 0 Å². The fourth-order valence-electron chi connectivity index (χ4n) is 7.26. The van der Waals surface area contributed by atoms with E-state index in [-0.39, 0.29) is 23.7 Å². The molecule has 0 aromatic heterocycles. The molecule has 8 heteroatoms. The zero-order chi connectivity index (χ0) is 26.0. The van der Waals surface area contributed by atoms with Crippen molar-refractivity contribution in [1.82, 2.24) is 4.90 Å². The van der Waals surface area contributed by atoms with Gasteiger partial charge in [0.15, 0.2) is 5.76 Å². The zero-order valence-electron chi connectivity index (χ0n) is 21.5. The van der Waals surface area contributed by atoms with Crippen LogP contribution in [0.5, 0.6) is 0 Å². The third kappa shape index (κ3) is 3.40. The van der Waals surface area contributed by atoms with Gasteiger partial charge < -0.3 is 24.2 Å². The van der Waals surface area contributed by atoms with Crippen LogP contribution in [0.2, 0.25) is 0 Å². The Hall–Kier alpha value is -2.87. The van der Waals surface area contributed by atoms with Crippen molar-refractivity contribution in [2.45, 2.75) is 65.1 Å². The largest absolute Gasteiger partial charge is 0.504 e. The second kappa shape index (κ2) is 8.61. The Morgan fingerprint density at radius 2 is 1.97 bits per heavy atom. The summed E-state index contributed by atoms with van der Waals surface area (Å²) in [7, 11) is 1.52.